The van der Waals surface area contributed by atoms with Crippen LogP contribution in [0, 0.1) is 5.82 Å². The van der Waals surface area contributed by atoms with Gasteiger partial charge in [-0.05, 0) is 42.3 Å². The Hall–Kier alpha value is -1.58. The van der Waals surface area contributed by atoms with E-state index < -0.39 is 0 Å². The van der Waals surface area contributed by atoms with Crippen LogP contribution in [0.3, 0.4) is 0 Å². The third-order valence-corrected chi connectivity index (χ3v) is 3.45. The van der Waals surface area contributed by atoms with E-state index in [0.29, 0.717) is 17.3 Å². The normalized spacial score (nSPS) is 12.2. The van der Waals surface area contributed by atoms with Gasteiger partial charge in [0.2, 0.25) is 0 Å². The zero-order valence-electron chi connectivity index (χ0n) is 11.6. The number of nitrogens with zero attached hydrogens (tertiary/aromatic N) is 1. The summed E-state index contributed by atoms with van der Waals surface area (Å²) in [6.07, 6.45) is 0. The number of benzene rings is 2. The minimum Gasteiger partial charge on any atom is -0.368 e. The smallest absolute Gasteiger partial charge is 0.146 e. The average molecular weight is 293 g/mol. The average Bonchev–Trinajstić information content (AvgIpc) is 2.38. The van der Waals surface area contributed by atoms with Crippen LogP contribution < -0.4 is 10.6 Å². The third-order valence-electron chi connectivity index (χ3n) is 3.22. The van der Waals surface area contributed by atoms with Crippen LogP contribution in [0.5, 0.6) is 0 Å². The Morgan fingerprint density at radius 3 is 2.60 bits per heavy atom. The summed E-state index contributed by atoms with van der Waals surface area (Å²) in [5.41, 5.74) is 8.14. The Kier molecular flexibility index (Phi) is 4.63. The molecule has 2 aromatic rings. The molecule has 2 aromatic carbocycles. The van der Waals surface area contributed by atoms with Crippen LogP contribution in [0.15, 0.2) is 42.5 Å². The zero-order valence-corrected chi connectivity index (χ0v) is 12.4. The molecule has 0 aliphatic rings. The maximum Gasteiger partial charge on any atom is 0.146 e. The Bertz CT molecular complexity index is 599. The lowest BCUT2D eigenvalue weighted by Crippen LogP contribution is -2.18. The molecule has 4 heteroatoms. The fraction of sp³-hybridized carbons (Fsp3) is 0.250. The van der Waals surface area contributed by atoms with E-state index in [1.54, 1.807) is 6.07 Å². The van der Waals surface area contributed by atoms with E-state index in [4.69, 9.17) is 17.3 Å². The molecule has 0 radical (unpaired) electrons. The Labute approximate surface area is 124 Å². The first kappa shape index (κ1) is 14.8. The Morgan fingerprint density at radius 2 is 2.00 bits per heavy atom. The predicted molar refractivity (Wildman–Crippen MR) is 82.6 cm³/mol. The first-order valence-electron chi connectivity index (χ1n) is 6.48. The van der Waals surface area contributed by atoms with E-state index in [9.17, 15) is 4.39 Å². The highest BCUT2D eigenvalue weighted by atomic mass is 35.5. The molecule has 20 heavy (non-hydrogen) atoms. The molecule has 0 aliphatic carbocycles. The molecule has 2 N–H and O–H groups in total. The van der Waals surface area contributed by atoms with Gasteiger partial charge in [0.1, 0.15) is 5.82 Å². The molecule has 0 spiro atoms. The second-order valence-corrected chi connectivity index (χ2v) is 5.42. The van der Waals surface area contributed by atoms with Gasteiger partial charge in [0, 0.05) is 24.7 Å². The predicted octanol–water partition coefficient (Wildman–Crippen LogP) is 4.14. The van der Waals surface area contributed by atoms with Gasteiger partial charge in [-0.1, -0.05) is 29.8 Å². The van der Waals surface area contributed by atoms with E-state index in [1.165, 1.54) is 6.07 Å². The van der Waals surface area contributed by atoms with Crippen molar-refractivity contribution in [3.05, 3.63) is 64.4 Å². The summed E-state index contributed by atoms with van der Waals surface area (Å²) in [6, 6.07) is 12.5. The van der Waals surface area contributed by atoms with Crippen LogP contribution in [0.2, 0.25) is 5.02 Å². The van der Waals surface area contributed by atoms with E-state index >= 15 is 0 Å². The van der Waals surface area contributed by atoms with Gasteiger partial charge >= 0.3 is 0 Å². The molecular weight excluding hydrogens is 275 g/mol. The molecule has 2 nitrogen and oxygen atoms in total. The molecule has 0 fully saturated rings. The second-order valence-electron chi connectivity index (χ2n) is 4.99. The quantitative estimate of drug-likeness (QED) is 0.918. The van der Waals surface area contributed by atoms with Crippen LogP contribution in [0.4, 0.5) is 10.1 Å². The maximum absolute atomic E-state index is 14.1. The lowest BCUT2D eigenvalue weighted by Gasteiger charge is -2.21. The fourth-order valence-electron chi connectivity index (χ4n) is 2.11. The van der Waals surface area contributed by atoms with Crippen molar-refractivity contribution in [2.45, 2.75) is 19.5 Å². The van der Waals surface area contributed by atoms with Gasteiger partial charge in [-0.25, -0.2) is 4.39 Å². The van der Waals surface area contributed by atoms with Crippen molar-refractivity contribution < 1.29 is 4.39 Å². The van der Waals surface area contributed by atoms with Crippen molar-refractivity contribution in [3.63, 3.8) is 0 Å². The SMILES string of the molecule is C[C@@H](N)c1ccc(N(C)Cc2cccc(Cl)c2)c(F)c1. The fourth-order valence-corrected chi connectivity index (χ4v) is 2.32. The van der Waals surface area contributed by atoms with Gasteiger partial charge in [0.15, 0.2) is 0 Å². The Balaban J connectivity index is 2.19. The number of rotatable bonds is 4. The largest absolute Gasteiger partial charge is 0.368 e. The molecule has 0 aliphatic heterocycles. The van der Waals surface area contributed by atoms with Crippen molar-refractivity contribution in [1.82, 2.24) is 0 Å². The van der Waals surface area contributed by atoms with Crippen LogP contribution in [-0.4, -0.2) is 7.05 Å². The third kappa shape index (κ3) is 3.50. The second kappa shape index (κ2) is 6.25. The minimum atomic E-state index is -0.260. The highest BCUT2D eigenvalue weighted by Gasteiger charge is 2.10. The zero-order chi connectivity index (χ0) is 14.7. The van der Waals surface area contributed by atoms with E-state index in [-0.39, 0.29) is 11.9 Å². The van der Waals surface area contributed by atoms with Crippen molar-refractivity contribution in [2.24, 2.45) is 5.73 Å². The minimum absolute atomic E-state index is 0.170. The summed E-state index contributed by atoms with van der Waals surface area (Å²) in [6.45, 7) is 2.43. The summed E-state index contributed by atoms with van der Waals surface area (Å²) in [5, 5.41) is 0.684. The monoisotopic (exact) mass is 292 g/mol. The molecule has 0 saturated heterocycles. The molecule has 0 heterocycles. The molecule has 0 unspecified atom stereocenters. The van der Waals surface area contributed by atoms with Crippen molar-refractivity contribution in [3.8, 4) is 0 Å². The lowest BCUT2D eigenvalue weighted by molar-refractivity contribution is 0.617. The van der Waals surface area contributed by atoms with Crippen LogP contribution in [-0.2, 0) is 6.54 Å². The van der Waals surface area contributed by atoms with Crippen LogP contribution in [0.25, 0.3) is 0 Å². The van der Waals surface area contributed by atoms with Gasteiger partial charge in [0.25, 0.3) is 0 Å². The van der Waals surface area contributed by atoms with E-state index in [0.717, 1.165) is 11.1 Å². The summed E-state index contributed by atoms with van der Waals surface area (Å²) in [7, 11) is 1.85. The molecule has 106 valence electrons. The van der Waals surface area contributed by atoms with Crippen LogP contribution >= 0.6 is 11.6 Å². The number of anilines is 1. The highest BCUT2D eigenvalue weighted by Crippen LogP contribution is 2.23. The standard InChI is InChI=1S/C16H18ClFN2/c1-11(19)13-6-7-16(15(18)9-13)20(2)10-12-4-3-5-14(17)8-12/h3-9,11H,10,19H2,1-2H3/t11-/m1/s1. The molecule has 0 bridgehead atoms. The summed E-state index contributed by atoms with van der Waals surface area (Å²) < 4.78 is 14.1. The van der Waals surface area contributed by atoms with Gasteiger partial charge in [-0.2, -0.15) is 0 Å². The molecular formula is C16H18ClFN2. The number of hydrogen-bond acceptors (Lipinski definition) is 2. The molecule has 2 rings (SSSR count). The molecule has 0 aromatic heterocycles. The van der Waals surface area contributed by atoms with Gasteiger partial charge < -0.3 is 10.6 Å². The number of hydrogen-bond donors (Lipinski definition) is 1. The van der Waals surface area contributed by atoms with Gasteiger partial charge in [-0.3, -0.25) is 0 Å². The van der Waals surface area contributed by atoms with Crippen molar-refractivity contribution >= 4 is 17.3 Å². The first-order valence-corrected chi connectivity index (χ1v) is 6.86. The summed E-state index contributed by atoms with van der Waals surface area (Å²) >= 11 is 5.95. The van der Waals surface area contributed by atoms with E-state index in [1.807, 2.05) is 49.2 Å². The van der Waals surface area contributed by atoms with Gasteiger partial charge in [0.05, 0.1) is 5.69 Å². The summed E-state index contributed by atoms with van der Waals surface area (Å²) in [5.74, 6) is -0.260. The van der Waals surface area contributed by atoms with Crippen molar-refractivity contribution in [2.75, 3.05) is 11.9 Å². The molecule has 0 saturated carbocycles. The maximum atomic E-state index is 14.1. The Morgan fingerprint density at radius 1 is 1.25 bits per heavy atom. The van der Waals surface area contributed by atoms with Crippen molar-refractivity contribution in [1.29, 1.82) is 0 Å². The first-order chi connectivity index (χ1) is 9.47. The summed E-state index contributed by atoms with van der Waals surface area (Å²) in [4.78, 5) is 1.85. The van der Waals surface area contributed by atoms with E-state index in [2.05, 4.69) is 0 Å². The molecule has 1 atom stereocenters. The topological polar surface area (TPSA) is 29.3 Å². The highest BCUT2D eigenvalue weighted by molar-refractivity contribution is 6.30. The van der Waals surface area contributed by atoms with Gasteiger partial charge in [-0.15, -0.1) is 0 Å². The molecule has 0 amide bonds. The number of nitrogens with two attached hydrogens (primary N) is 1. The lowest BCUT2D eigenvalue weighted by atomic mass is 10.1. The van der Waals surface area contributed by atoms with Crippen LogP contribution in [0.1, 0.15) is 24.1 Å². The number of halogens is 2.